The molecular weight excluding hydrogens is 398 g/mol. The molecule has 0 amide bonds. The van der Waals surface area contributed by atoms with Gasteiger partial charge in [0.2, 0.25) is 0 Å². The fourth-order valence-corrected chi connectivity index (χ4v) is 5.69. The summed E-state index contributed by atoms with van der Waals surface area (Å²) in [5, 5.41) is 1.10. The lowest BCUT2D eigenvalue weighted by Crippen LogP contribution is -2.47. The molecule has 0 bridgehead atoms. The van der Waals surface area contributed by atoms with Gasteiger partial charge in [-0.05, 0) is 62.8 Å². The third-order valence-electron chi connectivity index (χ3n) is 7.35. The number of nitrogens with one attached hydrogen (secondary N) is 1. The third kappa shape index (κ3) is 4.26. The Morgan fingerprint density at radius 3 is 2.66 bits per heavy atom. The Balaban J connectivity index is 1.30. The molecule has 2 atom stereocenters. The maximum absolute atomic E-state index is 13.3. The number of ether oxygens (including phenoxy) is 2. The number of aromatic nitrogens is 1. The average Bonchev–Trinajstić information content (AvgIpc) is 3.23. The molecule has 4 nitrogen and oxygen atoms in total. The van der Waals surface area contributed by atoms with E-state index in [1.165, 1.54) is 11.1 Å². The van der Waals surface area contributed by atoms with Crippen LogP contribution < -0.4 is 0 Å². The van der Waals surface area contributed by atoms with Gasteiger partial charge in [0.05, 0.1) is 23.5 Å². The van der Waals surface area contributed by atoms with Crippen molar-refractivity contribution in [2.45, 2.75) is 70.2 Å². The largest absolute Gasteiger partial charge is 0.378 e. The Labute approximate surface area is 190 Å². The number of hydrogen-bond acceptors (Lipinski definition) is 3. The molecular formula is C28H33NO3. The van der Waals surface area contributed by atoms with Gasteiger partial charge in [-0.3, -0.25) is 4.79 Å². The van der Waals surface area contributed by atoms with E-state index in [0.717, 1.165) is 61.7 Å². The molecule has 2 unspecified atom stereocenters. The Hall–Kier alpha value is -2.43. The predicted molar refractivity (Wildman–Crippen MR) is 127 cm³/mol. The normalized spacial score (nSPS) is 28.2. The molecule has 1 saturated heterocycles. The van der Waals surface area contributed by atoms with Crippen molar-refractivity contribution < 1.29 is 14.3 Å². The number of Topliss-reactive ketones (excluding diaryl/α,β-unsaturated/α-hetero) is 1. The molecule has 32 heavy (non-hydrogen) atoms. The summed E-state index contributed by atoms with van der Waals surface area (Å²) in [7, 11) is 0. The Morgan fingerprint density at radius 2 is 1.91 bits per heavy atom. The number of ketones is 1. The van der Waals surface area contributed by atoms with Gasteiger partial charge in [0.1, 0.15) is 0 Å². The second-order valence-corrected chi connectivity index (χ2v) is 9.63. The summed E-state index contributed by atoms with van der Waals surface area (Å²) in [5.74, 6) is 0.298. The fourth-order valence-electron chi connectivity index (χ4n) is 5.69. The van der Waals surface area contributed by atoms with Gasteiger partial charge in [0.15, 0.2) is 5.78 Å². The minimum absolute atomic E-state index is 0.0565. The number of hydrogen-bond donors (Lipinski definition) is 1. The topological polar surface area (TPSA) is 51.3 Å². The number of H-pyrrole nitrogens is 1. The summed E-state index contributed by atoms with van der Waals surface area (Å²) < 4.78 is 12.9. The first-order valence-electron chi connectivity index (χ1n) is 12.0. The van der Waals surface area contributed by atoms with Crippen molar-refractivity contribution in [2.75, 3.05) is 6.61 Å². The van der Waals surface area contributed by atoms with Gasteiger partial charge in [-0.15, -0.1) is 0 Å². The quantitative estimate of drug-likeness (QED) is 0.466. The molecule has 5 rings (SSSR count). The molecule has 168 valence electrons. The number of fused-ring (bicyclic) bond motifs is 1. The van der Waals surface area contributed by atoms with Crippen molar-refractivity contribution in [1.29, 1.82) is 0 Å². The van der Waals surface area contributed by atoms with Crippen molar-refractivity contribution in [1.82, 2.24) is 4.98 Å². The van der Waals surface area contributed by atoms with Crippen LogP contribution in [0.1, 0.15) is 73.2 Å². The maximum Gasteiger partial charge on any atom is 0.182 e. The van der Waals surface area contributed by atoms with Gasteiger partial charge < -0.3 is 14.5 Å². The zero-order valence-electron chi connectivity index (χ0n) is 19.1. The molecule has 2 fully saturated rings. The Bertz CT molecular complexity index is 1080. The highest BCUT2D eigenvalue weighted by molar-refractivity contribution is 6.00. The Kier molecular flexibility index (Phi) is 5.92. The first-order chi connectivity index (χ1) is 15.5. The van der Waals surface area contributed by atoms with Crippen LogP contribution in [0.4, 0.5) is 0 Å². The molecule has 1 N–H and O–H groups in total. The number of benzene rings is 2. The molecule has 1 aromatic heterocycles. The van der Waals surface area contributed by atoms with Crippen LogP contribution in [0.3, 0.4) is 0 Å². The summed E-state index contributed by atoms with van der Waals surface area (Å²) in [5.41, 5.74) is 4.02. The van der Waals surface area contributed by atoms with Crippen LogP contribution in [-0.4, -0.2) is 29.1 Å². The smallest absolute Gasteiger partial charge is 0.182 e. The molecule has 1 aliphatic heterocycles. The molecule has 3 aromatic rings. The minimum atomic E-state index is -0.188. The van der Waals surface area contributed by atoms with Gasteiger partial charge in [0.25, 0.3) is 0 Å². The van der Waals surface area contributed by atoms with Crippen LogP contribution in [-0.2, 0) is 9.47 Å². The van der Waals surface area contributed by atoms with Crippen molar-refractivity contribution in [3.63, 3.8) is 0 Å². The molecule has 4 heteroatoms. The number of carbonyl (C=O) groups is 1. The van der Waals surface area contributed by atoms with E-state index in [1.54, 1.807) is 0 Å². The van der Waals surface area contributed by atoms with E-state index >= 15 is 0 Å². The van der Waals surface area contributed by atoms with Gasteiger partial charge in [-0.2, -0.15) is 0 Å². The van der Waals surface area contributed by atoms with Crippen LogP contribution >= 0.6 is 0 Å². The van der Waals surface area contributed by atoms with E-state index in [9.17, 15) is 4.79 Å². The second-order valence-electron chi connectivity index (χ2n) is 9.63. The van der Waals surface area contributed by atoms with Crippen molar-refractivity contribution in [2.24, 2.45) is 5.92 Å². The third-order valence-corrected chi connectivity index (χ3v) is 7.35. The standard InChI is InChI=1S/C28H33NO3/c1-3-31-23-17-26(20-7-5-4-6-8-20)32-28(18-23)13-11-21(12-14-28)27(30)25-16-22-10-9-19(2)15-24(22)29-25/h4-10,15-16,21,23,26,29H,3,11-14,17-18H2,1-2H3. The van der Waals surface area contributed by atoms with Crippen LogP contribution in [0.25, 0.3) is 10.9 Å². The first kappa shape index (κ1) is 21.4. The fraction of sp³-hybridized carbons (Fsp3) is 0.464. The summed E-state index contributed by atoms with van der Waals surface area (Å²) >= 11 is 0. The average molecular weight is 432 g/mol. The van der Waals surface area contributed by atoms with E-state index in [-0.39, 0.29) is 29.5 Å². The Morgan fingerprint density at radius 1 is 1.12 bits per heavy atom. The van der Waals surface area contributed by atoms with Crippen molar-refractivity contribution >= 4 is 16.7 Å². The van der Waals surface area contributed by atoms with Crippen LogP contribution in [0, 0.1) is 12.8 Å². The number of aryl methyl sites for hydroxylation is 1. The van der Waals surface area contributed by atoms with Crippen LogP contribution in [0.2, 0.25) is 0 Å². The van der Waals surface area contributed by atoms with E-state index in [1.807, 2.05) is 12.1 Å². The minimum Gasteiger partial charge on any atom is -0.378 e. The van der Waals surface area contributed by atoms with Gasteiger partial charge in [0, 0.05) is 36.3 Å². The maximum atomic E-state index is 13.3. The van der Waals surface area contributed by atoms with Gasteiger partial charge in [-0.1, -0.05) is 42.5 Å². The van der Waals surface area contributed by atoms with E-state index < -0.39 is 0 Å². The van der Waals surface area contributed by atoms with E-state index in [2.05, 4.69) is 61.3 Å². The highest BCUT2D eigenvalue weighted by Crippen LogP contribution is 2.47. The summed E-state index contributed by atoms with van der Waals surface area (Å²) in [6, 6.07) is 18.8. The van der Waals surface area contributed by atoms with Gasteiger partial charge in [-0.25, -0.2) is 0 Å². The highest BCUT2D eigenvalue weighted by atomic mass is 16.5. The van der Waals surface area contributed by atoms with E-state index in [4.69, 9.17) is 9.47 Å². The highest BCUT2D eigenvalue weighted by Gasteiger charge is 2.45. The molecule has 1 aliphatic carbocycles. The van der Waals surface area contributed by atoms with Crippen LogP contribution in [0.15, 0.2) is 54.6 Å². The lowest BCUT2D eigenvalue weighted by molar-refractivity contribution is -0.189. The molecule has 2 aromatic carbocycles. The molecule has 0 radical (unpaired) electrons. The van der Waals surface area contributed by atoms with Crippen molar-refractivity contribution in [3.8, 4) is 0 Å². The summed E-state index contributed by atoms with van der Waals surface area (Å²) in [6.07, 6.45) is 5.66. The van der Waals surface area contributed by atoms with Crippen molar-refractivity contribution in [3.05, 3.63) is 71.4 Å². The monoisotopic (exact) mass is 431 g/mol. The number of carbonyl (C=O) groups excluding carboxylic acids is 1. The van der Waals surface area contributed by atoms with Gasteiger partial charge >= 0.3 is 0 Å². The molecule has 2 aliphatic rings. The summed E-state index contributed by atoms with van der Waals surface area (Å²) in [4.78, 5) is 16.6. The predicted octanol–water partition coefficient (Wildman–Crippen LogP) is 6.54. The zero-order valence-corrected chi connectivity index (χ0v) is 19.1. The lowest BCUT2D eigenvalue weighted by Gasteiger charge is -2.48. The SMILES string of the molecule is CCOC1CC(c2ccccc2)OC2(CCC(C(=O)c3cc4ccc(C)cc4[nH]3)CC2)C1. The van der Waals surface area contributed by atoms with Crippen LogP contribution in [0.5, 0.6) is 0 Å². The molecule has 2 heterocycles. The second kappa shape index (κ2) is 8.84. The first-order valence-corrected chi connectivity index (χ1v) is 12.0. The molecule has 1 spiro atoms. The summed E-state index contributed by atoms with van der Waals surface area (Å²) in [6.45, 7) is 4.87. The number of rotatable bonds is 5. The molecule has 1 saturated carbocycles. The lowest BCUT2D eigenvalue weighted by atomic mass is 9.72. The zero-order chi connectivity index (χ0) is 22.1. The number of aromatic amines is 1. The van der Waals surface area contributed by atoms with E-state index in [0.29, 0.717) is 0 Å².